The average Bonchev–Trinajstić information content (AvgIpc) is 2.90. The van der Waals surface area contributed by atoms with Gasteiger partial charge in [0.05, 0.1) is 11.3 Å². The maximum Gasteiger partial charge on any atom is 0.416 e. The van der Waals surface area contributed by atoms with Crippen LogP contribution in [0.1, 0.15) is 35.5 Å². The summed E-state index contributed by atoms with van der Waals surface area (Å²) in [5.74, 6) is -0.502. The summed E-state index contributed by atoms with van der Waals surface area (Å²) in [5.41, 5.74) is -1.50. The van der Waals surface area contributed by atoms with Crippen LogP contribution in [0, 0.1) is 6.92 Å². The molecule has 1 aromatic carbocycles. The third kappa shape index (κ3) is 3.87. The first-order valence-electron chi connectivity index (χ1n) is 8.08. The molecule has 150 valence electrons. The normalized spacial score (nSPS) is 13.9. The van der Waals surface area contributed by atoms with Crippen LogP contribution in [0.5, 0.6) is 0 Å². The highest BCUT2D eigenvalue weighted by atomic mass is 19.4. The number of hydrogen-bond donors (Lipinski definition) is 1. The maximum absolute atomic E-state index is 12.9. The highest BCUT2D eigenvalue weighted by molar-refractivity contribution is 5.77. The fraction of sp³-hybridized carbons (Fsp3) is 0.353. The molecule has 0 saturated carbocycles. The minimum atomic E-state index is -4.62. The van der Waals surface area contributed by atoms with E-state index in [0.29, 0.717) is 10.2 Å². The van der Waals surface area contributed by atoms with E-state index in [4.69, 9.17) is 0 Å². The lowest BCUT2D eigenvalue weighted by atomic mass is 9.96. The fourth-order valence-electron chi connectivity index (χ4n) is 2.92. The average molecular weight is 404 g/mol. The van der Waals surface area contributed by atoms with E-state index >= 15 is 0 Å². The van der Waals surface area contributed by atoms with Crippen molar-refractivity contribution < 1.29 is 26.3 Å². The van der Waals surface area contributed by atoms with Gasteiger partial charge in [-0.15, -0.1) is 0 Å². The molecular formula is C17H14F6N4O. The number of halogens is 6. The Labute approximate surface area is 154 Å². The maximum atomic E-state index is 12.9. The number of aryl methyl sites for hydroxylation is 1. The predicted molar refractivity (Wildman–Crippen MR) is 87.9 cm³/mol. The van der Waals surface area contributed by atoms with Gasteiger partial charge in [-0.25, -0.2) is 9.67 Å². The van der Waals surface area contributed by atoms with Gasteiger partial charge in [0.1, 0.15) is 17.9 Å². The van der Waals surface area contributed by atoms with Crippen molar-refractivity contribution in [2.45, 2.75) is 38.7 Å². The molecule has 0 amide bonds. The van der Waals surface area contributed by atoms with E-state index in [1.54, 1.807) is 6.92 Å². The van der Waals surface area contributed by atoms with Crippen LogP contribution in [-0.2, 0) is 12.7 Å². The zero-order chi connectivity index (χ0) is 20.9. The molecule has 5 nitrogen and oxygen atoms in total. The van der Waals surface area contributed by atoms with Crippen molar-refractivity contribution in [3.05, 3.63) is 57.3 Å². The van der Waals surface area contributed by atoms with Crippen LogP contribution in [0.2, 0.25) is 0 Å². The molecule has 0 aliphatic rings. The Bertz CT molecular complexity index is 1060. The molecule has 1 N–H and O–H groups in total. The van der Waals surface area contributed by atoms with Gasteiger partial charge in [-0.2, -0.15) is 31.4 Å². The van der Waals surface area contributed by atoms with Gasteiger partial charge in [0.15, 0.2) is 5.52 Å². The molecule has 28 heavy (non-hydrogen) atoms. The molecule has 0 unspecified atom stereocenters. The quantitative estimate of drug-likeness (QED) is 0.667. The molecule has 0 radical (unpaired) electrons. The van der Waals surface area contributed by atoms with Crippen molar-refractivity contribution in [2.24, 2.45) is 0 Å². The number of aromatic amines is 1. The second-order valence-electron chi connectivity index (χ2n) is 6.35. The Hall–Kier alpha value is -2.85. The van der Waals surface area contributed by atoms with Crippen LogP contribution in [-0.4, -0.2) is 25.9 Å². The van der Waals surface area contributed by atoms with Crippen LogP contribution in [0.15, 0.2) is 29.1 Å². The van der Waals surface area contributed by atoms with Crippen LogP contribution in [0.3, 0.4) is 0 Å². The fourth-order valence-corrected chi connectivity index (χ4v) is 2.92. The lowest BCUT2D eigenvalue weighted by molar-refractivity contribution is -0.142. The topological polar surface area (TPSA) is 63.6 Å². The van der Waals surface area contributed by atoms with E-state index in [2.05, 4.69) is 15.1 Å². The molecule has 2 heterocycles. The van der Waals surface area contributed by atoms with E-state index in [1.807, 2.05) is 0 Å². The third-order valence-electron chi connectivity index (χ3n) is 4.22. The first-order valence-corrected chi connectivity index (χ1v) is 8.08. The Morgan fingerprint density at radius 3 is 2.25 bits per heavy atom. The molecule has 1 atom stereocenters. The van der Waals surface area contributed by atoms with Crippen LogP contribution < -0.4 is 5.56 Å². The van der Waals surface area contributed by atoms with Crippen LogP contribution >= 0.6 is 0 Å². The summed E-state index contributed by atoms with van der Waals surface area (Å²) in [6.45, 7) is 1.55. The predicted octanol–water partition coefficient (Wildman–Crippen LogP) is 4.16. The summed E-state index contributed by atoms with van der Waals surface area (Å²) in [7, 11) is 0. The number of fused-ring (bicyclic) bond motifs is 1. The minimum Gasteiger partial charge on any atom is -0.309 e. The van der Waals surface area contributed by atoms with Crippen LogP contribution in [0.25, 0.3) is 11.0 Å². The van der Waals surface area contributed by atoms with Crippen molar-refractivity contribution in [3.63, 3.8) is 0 Å². The molecule has 0 aliphatic heterocycles. The lowest BCUT2D eigenvalue weighted by Crippen LogP contribution is -2.22. The molecule has 0 aliphatic carbocycles. The standard InChI is InChI=1S/C17H14F6N4O/c1-8(10-3-5-11(6-4-10)17(21,22)23)12-13-14(15(28)25-9(2)24-13)27(26-12)7-16(18,19)20/h3-6,8H,7H2,1-2H3,(H,24,25,28)/t8-/m1/s1. The largest absolute Gasteiger partial charge is 0.416 e. The van der Waals surface area contributed by atoms with Crippen molar-refractivity contribution >= 4 is 11.0 Å². The first-order chi connectivity index (χ1) is 12.9. The zero-order valence-electron chi connectivity index (χ0n) is 14.6. The number of hydrogen-bond acceptors (Lipinski definition) is 3. The van der Waals surface area contributed by atoms with Crippen molar-refractivity contribution in [1.82, 2.24) is 19.7 Å². The highest BCUT2D eigenvalue weighted by Gasteiger charge is 2.33. The Balaban J connectivity index is 2.13. The number of H-pyrrole nitrogens is 1. The second kappa shape index (κ2) is 6.64. The summed E-state index contributed by atoms with van der Waals surface area (Å²) in [4.78, 5) is 18.6. The van der Waals surface area contributed by atoms with E-state index in [9.17, 15) is 31.1 Å². The minimum absolute atomic E-state index is 0.0158. The smallest absolute Gasteiger partial charge is 0.309 e. The zero-order valence-corrected chi connectivity index (χ0v) is 14.6. The Kier molecular flexibility index (Phi) is 4.72. The van der Waals surface area contributed by atoms with Crippen molar-refractivity contribution in [2.75, 3.05) is 0 Å². The molecule has 2 aromatic heterocycles. The highest BCUT2D eigenvalue weighted by Crippen LogP contribution is 2.33. The number of nitrogens with one attached hydrogen (secondary N) is 1. The van der Waals surface area contributed by atoms with Gasteiger partial charge in [-0.05, 0) is 24.6 Å². The van der Waals surface area contributed by atoms with Gasteiger partial charge in [0.2, 0.25) is 0 Å². The summed E-state index contributed by atoms with van der Waals surface area (Å²) in [6, 6.07) is 4.21. The number of rotatable bonds is 3. The molecule has 3 aromatic rings. The molecule has 0 fully saturated rings. The SMILES string of the molecule is Cc1nc2c([C@H](C)c3ccc(C(F)(F)F)cc3)nn(CC(F)(F)F)c2c(=O)[nH]1. The monoisotopic (exact) mass is 404 g/mol. The van der Waals surface area contributed by atoms with Crippen LogP contribution in [0.4, 0.5) is 26.3 Å². The second-order valence-corrected chi connectivity index (χ2v) is 6.35. The van der Waals surface area contributed by atoms with Gasteiger partial charge < -0.3 is 4.98 Å². The van der Waals surface area contributed by atoms with E-state index in [0.717, 1.165) is 12.1 Å². The van der Waals surface area contributed by atoms with Crippen molar-refractivity contribution in [3.8, 4) is 0 Å². The van der Waals surface area contributed by atoms with E-state index in [-0.39, 0.29) is 22.6 Å². The Morgan fingerprint density at radius 1 is 1.11 bits per heavy atom. The van der Waals surface area contributed by atoms with E-state index < -0.39 is 35.9 Å². The summed E-state index contributed by atoms with van der Waals surface area (Å²) < 4.78 is 77.3. The number of alkyl halides is 6. The van der Waals surface area contributed by atoms with Gasteiger partial charge in [-0.3, -0.25) is 4.79 Å². The molecule has 0 saturated heterocycles. The first kappa shape index (κ1) is 19.9. The van der Waals surface area contributed by atoms with Gasteiger partial charge in [0.25, 0.3) is 5.56 Å². The summed E-state index contributed by atoms with van der Waals surface area (Å²) in [6.07, 6.45) is -9.13. The summed E-state index contributed by atoms with van der Waals surface area (Å²) >= 11 is 0. The molecule has 3 rings (SSSR count). The molecule has 0 bridgehead atoms. The Morgan fingerprint density at radius 2 is 1.71 bits per heavy atom. The molecule has 0 spiro atoms. The van der Waals surface area contributed by atoms with Gasteiger partial charge >= 0.3 is 12.4 Å². The third-order valence-corrected chi connectivity index (χ3v) is 4.22. The number of nitrogens with zero attached hydrogens (tertiary/aromatic N) is 3. The molecular weight excluding hydrogens is 390 g/mol. The van der Waals surface area contributed by atoms with Crippen molar-refractivity contribution in [1.29, 1.82) is 0 Å². The van der Waals surface area contributed by atoms with E-state index in [1.165, 1.54) is 19.1 Å². The number of benzene rings is 1. The lowest BCUT2D eigenvalue weighted by Gasteiger charge is -2.12. The summed E-state index contributed by atoms with van der Waals surface area (Å²) in [5, 5.41) is 3.92. The molecule has 11 heteroatoms. The number of aromatic nitrogens is 4. The van der Waals surface area contributed by atoms with Gasteiger partial charge in [0, 0.05) is 5.92 Å². The van der Waals surface area contributed by atoms with Gasteiger partial charge in [-0.1, -0.05) is 19.1 Å².